The summed E-state index contributed by atoms with van der Waals surface area (Å²) in [5, 5.41) is 25.7. The van der Waals surface area contributed by atoms with Crippen molar-refractivity contribution in [3.8, 4) is 11.5 Å². The highest BCUT2D eigenvalue weighted by molar-refractivity contribution is 6.32. The van der Waals surface area contributed by atoms with Crippen LogP contribution in [0.15, 0.2) is 30.3 Å². The smallest absolute Gasteiger partial charge is 0.412 e. The van der Waals surface area contributed by atoms with Crippen LogP contribution < -0.4 is 20.7 Å². The minimum absolute atomic E-state index is 0.0499. The highest BCUT2D eigenvalue weighted by Gasteiger charge is 2.69. The minimum atomic E-state index is -2.81. The highest BCUT2D eigenvalue weighted by atomic mass is 16.6. The third-order valence-corrected chi connectivity index (χ3v) is 9.25. The van der Waals surface area contributed by atoms with Crippen LogP contribution in [0.3, 0.4) is 0 Å². The van der Waals surface area contributed by atoms with E-state index in [1.807, 2.05) is 6.92 Å². The number of aromatic hydroxyl groups is 1. The van der Waals surface area contributed by atoms with Crippen molar-refractivity contribution in [2.75, 3.05) is 33.1 Å². The minimum Gasteiger partial charge on any atom is -0.507 e. The summed E-state index contributed by atoms with van der Waals surface area (Å²) in [5.74, 6) is -11.0. The van der Waals surface area contributed by atoms with Crippen molar-refractivity contribution in [3.05, 3.63) is 52.6 Å². The monoisotopic (exact) mass is 620 g/mol. The number of aliphatic hydroxyl groups is 1. The van der Waals surface area contributed by atoms with Gasteiger partial charge in [-0.05, 0) is 63.5 Å². The van der Waals surface area contributed by atoms with Gasteiger partial charge in [-0.25, -0.2) is 4.79 Å². The Morgan fingerprint density at radius 1 is 1.07 bits per heavy atom. The maximum atomic E-state index is 14.1. The molecule has 0 heterocycles. The van der Waals surface area contributed by atoms with Gasteiger partial charge in [-0.15, -0.1) is 0 Å². The molecule has 0 spiro atoms. The SMILES string of the molecule is Cc1ccc(OC(=O)NCc2cc(N(C)C)c3c(c2O)C(=O)C2C(=O)[C@]4(O)C(=O)C(C(N)=O)C(=O)[C@@H](N(C)C)[C@@H]4C[C@@H]2C3)cc1. The number of benzene rings is 2. The van der Waals surface area contributed by atoms with Crippen molar-refractivity contribution in [3.63, 3.8) is 0 Å². The zero-order valence-corrected chi connectivity index (χ0v) is 25.6. The first kappa shape index (κ1) is 31.8. The number of Topliss-reactive ketones (excluding diaryl/α,β-unsaturated/α-hetero) is 4. The number of phenolic OH excluding ortho intramolecular Hbond substituents is 1. The number of aryl methyl sites for hydroxylation is 1. The summed E-state index contributed by atoms with van der Waals surface area (Å²) in [6.45, 7) is 1.66. The molecule has 0 saturated heterocycles. The summed E-state index contributed by atoms with van der Waals surface area (Å²) >= 11 is 0. The molecule has 2 aromatic rings. The summed E-state index contributed by atoms with van der Waals surface area (Å²) in [5.41, 5.74) is 4.57. The summed E-state index contributed by atoms with van der Waals surface area (Å²) in [7, 11) is 6.54. The average Bonchev–Trinajstić information content (AvgIpc) is 2.95. The molecule has 13 heteroatoms. The number of hydrogen-bond acceptors (Lipinski definition) is 11. The molecule has 2 amide bonds. The first-order chi connectivity index (χ1) is 21.1. The number of hydrogen-bond donors (Lipinski definition) is 4. The van der Waals surface area contributed by atoms with Crippen LogP contribution in [0.4, 0.5) is 10.5 Å². The molecule has 238 valence electrons. The van der Waals surface area contributed by atoms with E-state index in [1.165, 1.54) is 19.0 Å². The van der Waals surface area contributed by atoms with E-state index in [2.05, 4.69) is 5.32 Å². The molecule has 2 unspecified atom stereocenters. The van der Waals surface area contributed by atoms with E-state index in [0.29, 0.717) is 17.0 Å². The summed E-state index contributed by atoms with van der Waals surface area (Å²) in [4.78, 5) is 82.8. The Kier molecular flexibility index (Phi) is 8.04. The molecule has 0 bridgehead atoms. The lowest BCUT2D eigenvalue weighted by Gasteiger charge is -2.52. The normalized spacial score (nSPS) is 27.4. The molecule has 13 nitrogen and oxygen atoms in total. The third kappa shape index (κ3) is 5.05. The van der Waals surface area contributed by atoms with E-state index in [-0.39, 0.29) is 30.5 Å². The van der Waals surface area contributed by atoms with E-state index >= 15 is 0 Å². The number of nitrogens with two attached hydrogens (primary N) is 1. The van der Waals surface area contributed by atoms with Gasteiger partial charge >= 0.3 is 6.09 Å². The highest BCUT2D eigenvalue weighted by Crippen LogP contribution is 2.52. The lowest BCUT2D eigenvalue weighted by atomic mass is 9.52. The summed E-state index contributed by atoms with van der Waals surface area (Å²) in [6.07, 6.45) is -0.726. The Balaban J connectivity index is 1.51. The molecule has 3 aliphatic carbocycles. The number of phenols is 1. The van der Waals surface area contributed by atoms with Gasteiger partial charge in [0, 0.05) is 37.8 Å². The number of likely N-dealkylation sites (N-methyl/N-ethyl adjacent to an activating group) is 1. The molecule has 5 rings (SSSR count). The molecular weight excluding hydrogens is 584 g/mol. The number of carbonyl (C=O) groups excluding carboxylic acids is 6. The van der Waals surface area contributed by atoms with Crippen molar-refractivity contribution in [1.29, 1.82) is 0 Å². The fourth-order valence-corrected chi connectivity index (χ4v) is 7.16. The predicted octanol–water partition coefficient (Wildman–Crippen LogP) is 0.530. The number of primary amides is 1. The maximum Gasteiger partial charge on any atom is 0.412 e. The zero-order valence-electron chi connectivity index (χ0n) is 25.6. The van der Waals surface area contributed by atoms with Gasteiger partial charge in [0.25, 0.3) is 0 Å². The fraction of sp³-hybridized carbons (Fsp3) is 0.438. The van der Waals surface area contributed by atoms with Gasteiger partial charge in [0.1, 0.15) is 11.5 Å². The second-order valence-corrected chi connectivity index (χ2v) is 12.5. The lowest BCUT2D eigenvalue weighted by Crippen LogP contribution is -2.74. The van der Waals surface area contributed by atoms with Gasteiger partial charge in [-0.3, -0.25) is 28.9 Å². The Labute approximate surface area is 259 Å². The van der Waals surface area contributed by atoms with Crippen molar-refractivity contribution < 1.29 is 43.7 Å². The number of ketones is 4. The first-order valence-corrected chi connectivity index (χ1v) is 14.5. The number of rotatable bonds is 6. The molecule has 45 heavy (non-hydrogen) atoms. The van der Waals surface area contributed by atoms with Crippen molar-refractivity contribution >= 4 is 40.8 Å². The number of nitrogens with one attached hydrogen (secondary N) is 1. The number of fused-ring (bicyclic) bond motifs is 3. The Bertz CT molecular complexity index is 1630. The first-order valence-electron chi connectivity index (χ1n) is 14.5. The molecule has 2 aromatic carbocycles. The van der Waals surface area contributed by atoms with Crippen LogP contribution in [-0.4, -0.2) is 90.1 Å². The predicted molar refractivity (Wildman–Crippen MR) is 160 cm³/mol. The van der Waals surface area contributed by atoms with Gasteiger partial charge in [-0.2, -0.15) is 0 Å². The zero-order chi connectivity index (χ0) is 33.1. The molecule has 3 aliphatic rings. The molecule has 0 aromatic heterocycles. The molecule has 6 atom stereocenters. The van der Waals surface area contributed by atoms with Gasteiger partial charge in [-0.1, -0.05) is 17.7 Å². The number of carbonyl (C=O) groups is 6. The number of nitrogens with zero attached hydrogens (tertiary/aromatic N) is 2. The van der Waals surface area contributed by atoms with Crippen LogP contribution in [0.25, 0.3) is 0 Å². The fourth-order valence-electron chi connectivity index (χ4n) is 7.16. The topological polar surface area (TPSA) is 197 Å². The van der Waals surface area contributed by atoms with Crippen LogP contribution in [0.1, 0.15) is 33.5 Å². The Morgan fingerprint density at radius 3 is 2.29 bits per heavy atom. The molecular formula is C32H36N4O9. The molecule has 2 fully saturated rings. The van der Waals surface area contributed by atoms with Crippen LogP contribution in [0.2, 0.25) is 0 Å². The number of ether oxygens (including phenoxy) is 1. The Hall–Kier alpha value is -4.62. The van der Waals surface area contributed by atoms with Crippen LogP contribution >= 0.6 is 0 Å². The largest absolute Gasteiger partial charge is 0.507 e. The van der Waals surface area contributed by atoms with Crippen LogP contribution in [-0.2, 0) is 32.1 Å². The van der Waals surface area contributed by atoms with E-state index in [9.17, 15) is 39.0 Å². The lowest BCUT2D eigenvalue weighted by molar-refractivity contribution is -0.181. The second-order valence-electron chi connectivity index (χ2n) is 12.5. The third-order valence-electron chi connectivity index (χ3n) is 9.25. The molecule has 0 radical (unpaired) electrons. The van der Waals surface area contributed by atoms with Crippen molar-refractivity contribution in [2.24, 2.45) is 29.4 Å². The van der Waals surface area contributed by atoms with E-state index < -0.39 is 76.2 Å². The average molecular weight is 621 g/mol. The number of amides is 2. The van der Waals surface area contributed by atoms with E-state index in [4.69, 9.17) is 10.5 Å². The van der Waals surface area contributed by atoms with Gasteiger partial charge < -0.3 is 30.9 Å². The standard InChI is InChI=1S/C32H36N4O9/c1-14-6-8-17(9-7-14)45-31(43)34-13-16-12-20(35(2)3)18-10-15-11-19-24(36(4)5)27(39)23(30(33)42)29(41)32(19,44)28(40)21(15)26(38)22(18)25(16)37/h6-9,12,15,19,21,23-24,37,44H,10-11,13H2,1-5H3,(H2,33,42)(H,34,43)/t15-,19-,21?,23?,24-,32-/m0/s1. The van der Waals surface area contributed by atoms with Crippen molar-refractivity contribution in [1.82, 2.24) is 10.2 Å². The van der Waals surface area contributed by atoms with Crippen LogP contribution in [0, 0.1) is 30.6 Å². The molecule has 0 aliphatic heterocycles. The number of anilines is 1. The van der Waals surface area contributed by atoms with Crippen LogP contribution in [0.5, 0.6) is 11.5 Å². The van der Waals surface area contributed by atoms with Crippen molar-refractivity contribution in [2.45, 2.75) is 38.0 Å². The molecule has 2 saturated carbocycles. The summed E-state index contributed by atoms with van der Waals surface area (Å²) in [6, 6.07) is 7.26. The van der Waals surface area contributed by atoms with Gasteiger partial charge in [0.2, 0.25) is 5.91 Å². The Morgan fingerprint density at radius 2 is 1.71 bits per heavy atom. The molecule has 5 N–H and O–H groups in total. The quantitative estimate of drug-likeness (QED) is 0.329. The van der Waals surface area contributed by atoms with E-state index in [1.54, 1.807) is 49.3 Å². The van der Waals surface area contributed by atoms with E-state index in [0.717, 1.165) is 5.56 Å². The summed E-state index contributed by atoms with van der Waals surface area (Å²) < 4.78 is 5.28. The second kappa shape index (κ2) is 11.4. The van der Waals surface area contributed by atoms with Gasteiger partial charge in [0.05, 0.1) is 17.5 Å². The maximum absolute atomic E-state index is 14.1. The van der Waals surface area contributed by atoms with Gasteiger partial charge in [0.15, 0.2) is 34.7 Å².